The third-order valence-electron chi connectivity index (χ3n) is 7.01. The maximum Gasteiger partial charge on any atom is 0.222 e. The van der Waals surface area contributed by atoms with E-state index in [0.717, 1.165) is 79.5 Å². The van der Waals surface area contributed by atoms with Gasteiger partial charge in [0, 0.05) is 43.9 Å². The summed E-state index contributed by atoms with van der Waals surface area (Å²) < 4.78 is 16.5. The van der Waals surface area contributed by atoms with E-state index in [-0.39, 0.29) is 12.5 Å². The zero-order chi connectivity index (χ0) is 26.3. The highest BCUT2D eigenvalue weighted by atomic mass is 16.6. The van der Waals surface area contributed by atoms with E-state index in [1.807, 2.05) is 18.2 Å². The molecule has 2 heterocycles. The molecule has 10 nitrogen and oxygen atoms in total. The van der Waals surface area contributed by atoms with Gasteiger partial charge in [0.15, 0.2) is 0 Å². The smallest absolute Gasteiger partial charge is 0.222 e. The number of hydrogen-bond donors (Lipinski definition) is 3. The quantitative estimate of drug-likeness (QED) is 0.255. The van der Waals surface area contributed by atoms with E-state index in [4.69, 9.17) is 25.1 Å². The molecule has 2 aromatic carbocycles. The number of aryl methyl sites for hydroxylation is 1. The molecule has 1 aliphatic carbocycles. The number of aromatic nitrogens is 2. The van der Waals surface area contributed by atoms with Gasteiger partial charge in [0.25, 0.3) is 0 Å². The number of benzene rings is 2. The Bertz CT molecular complexity index is 1220. The van der Waals surface area contributed by atoms with Crippen molar-refractivity contribution in [2.75, 3.05) is 70.0 Å². The van der Waals surface area contributed by atoms with Gasteiger partial charge in [-0.2, -0.15) is 4.98 Å². The van der Waals surface area contributed by atoms with Gasteiger partial charge in [-0.1, -0.05) is 12.1 Å². The average molecular weight is 522 g/mol. The molecule has 1 aliphatic heterocycles. The van der Waals surface area contributed by atoms with Crippen molar-refractivity contribution in [2.24, 2.45) is 0 Å². The summed E-state index contributed by atoms with van der Waals surface area (Å²) >= 11 is 0. The molecule has 0 bridgehead atoms. The third kappa shape index (κ3) is 6.33. The van der Waals surface area contributed by atoms with Crippen LogP contribution in [-0.4, -0.2) is 84.4 Å². The standard InChI is InChI=1S/C28H35N5O5/c29-28-30-26-24-8-6-23(38-18-20-1-4-22(35)5-2-20)17-21(24)3-7-25(26)27(31-28)33-11-9-32(10-12-33)13-14-36-15-16-37-19-34/h1-2,4-6,8,17,34-35H,3,7,9-16,18-19H2,(H2,29,30,31). The van der Waals surface area contributed by atoms with E-state index < -0.39 is 0 Å². The van der Waals surface area contributed by atoms with Crippen molar-refractivity contribution >= 4 is 11.8 Å². The first-order valence-electron chi connectivity index (χ1n) is 13.0. The SMILES string of the molecule is Nc1nc2c(c(N3CCN(CCOCCOCO)CC3)n1)CCc1cc(OCc3ccc(O)cc3)ccc1-2. The number of ether oxygens (including phenoxy) is 3. The van der Waals surface area contributed by atoms with Crippen molar-refractivity contribution in [3.63, 3.8) is 0 Å². The minimum atomic E-state index is -0.272. The second-order valence-electron chi connectivity index (χ2n) is 9.49. The van der Waals surface area contributed by atoms with Crippen molar-refractivity contribution in [1.29, 1.82) is 0 Å². The molecule has 0 radical (unpaired) electrons. The Hall–Kier alpha value is -3.44. The number of aromatic hydroxyl groups is 1. The molecule has 0 saturated carbocycles. The molecule has 38 heavy (non-hydrogen) atoms. The Balaban J connectivity index is 1.22. The maximum atomic E-state index is 9.47. The van der Waals surface area contributed by atoms with Gasteiger partial charge in [0.2, 0.25) is 5.95 Å². The van der Waals surface area contributed by atoms with Gasteiger partial charge < -0.3 is 35.1 Å². The molecular weight excluding hydrogens is 486 g/mol. The van der Waals surface area contributed by atoms with Gasteiger partial charge >= 0.3 is 0 Å². The second kappa shape index (κ2) is 12.4. The van der Waals surface area contributed by atoms with E-state index in [2.05, 4.69) is 31.9 Å². The van der Waals surface area contributed by atoms with Crippen LogP contribution in [0.25, 0.3) is 11.3 Å². The summed E-state index contributed by atoms with van der Waals surface area (Å²) in [4.78, 5) is 14.0. The van der Waals surface area contributed by atoms with Gasteiger partial charge in [-0.3, -0.25) is 4.90 Å². The van der Waals surface area contributed by atoms with Crippen LogP contribution in [0.4, 0.5) is 11.8 Å². The molecule has 4 N–H and O–H groups in total. The number of rotatable bonds is 11. The highest BCUT2D eigenvalue weighted by molar-refractivity contribution is 5.76. The number of fused-ring (bicyclic) bond motifs is 3. The number of aliphatic hydroxyl groups is 1. The van der Waals surface area contributed by atoms with Crippen LogP contribution >= 0.6 is 0 Å². The normalized spacial score (nSPS) is 15.2. The third-order valence-corrected chi connectivity index (χ3v) is 7.01. The number of nitrogens with zero attached hydrogens (tertiary/aromatic N) is 4. The summed E-state index contributed by atoms with van der Waals surface area (Å²) in [5.41, 5.74) is 11.5. The first kappa shape index (κ1) is 26.2. The molecule has 202 valence electrons. The van der Waals surface area contributed by atoms with Crippen LogP contribution < -0.4 is 15.4 Å². The summed E-state index contributed by atoms with van der Waals surface area (Å²) in [6.45, 7) is 6.14. The lowest BCUT2D eigenvalue weighted by molar-refractivity contribution is -0.0312. The largest absolute Gasteiger partial charge is 0.508 e. The van der Waals surface area contributed by atoms with Crippen LogP contribution in [0.5, 0.6) is 11.5 Å². The first-order valence-corrected chi connectivity index (χ1v) is 13.0. The summed E-state index contributed by atoms with van der Waals surface area (Å²) in [5.74, 6) is 2.29. The fourth-order valence-corrected chi connectivity index (χ4v) is 4.98. The van der Waals surface area contributed by atoms with Gasteiger partial charge in [0.1, 0.15) is 30.7 Å². The highest BCUT2D eigenvalue weighted by Crippen LogP contribution is 2.38. The van der Waals surface area contributed by atoms with Crippen molar-refractivity contribution in [3.8, 4) is 22.8 Å². The Morgan fingerprint density at radius 3 is 2.47 bits per heavy atom. The number of aliphatic hydroxyl groups excluding tert-OH is 1. The van der Waals surface area contributed by atoms with Crippen molar-refractivity contribution in [2.45, 2.75) is 19.4 Å². The summed E-state index contributed by atoms with van der Waals surface area (Å²) in [5, 5.41) is 18.1. The number of nitrogen functional groups attached to an aromatic ring is 1. The average Bonchev–Trinajstić information content (AvgIpc) is 2.94. The fourth-order valence-electron chi connectivity index (χ4n) is 4.98. The minimum Gasteiger partial charge on any atom is -0.508 e. The lowest BCUT2D eigenvalue weighted by Crippen LogP contribution is -2.48. The number of hydrogen-bond acceptors (Lipinski definition) is 10. The van der Waals surface area contributed by atoms with Crippen molar-refractivity contribution < 1.29 is 24.4 Å². The van der Waals surface area contributed by atoms with Gasteiger partial charge in [-0.15, -0.1) is 0 Å². The van der Waals surface area contributed by atoms with Crippen LogP contribution in [0.15, 0.2) is 42.5 Å². The minimum absolute atomic E-state index is 0.246. The van der Waals surface area contributed by atoms with Crippen LogP contribution in [0.1, 0.15) is 16.7 Å². The predicted molar refractivity (Wildman–Crippen MR) is 144 cm³/mol. The number of phenolic OH excluding ortho intramolecular Hbond substituents is 1. The summed E-state index contributed by atoms with van der Waals surface area (Å²) in [7, 11) is 0. The van der Waals surface area contributed by atoms with Crippen LogP contribution in [-0.2, 0) is 28.9 Å². The molecule has 0 amide bonds. The Kier molecular flexibility index (Phi) is 8.54. The van der Waals surface area contributed by atoms with Crippen molar-refractivity contribution in [1.82, 2.24) is 14.9 Å². The summed E-state index contributed by atoms with van der Waals surface area (Å²) in [6, 6.07) is 13.2. The molecule has 1 fully saturated rings. The lowest BCUT2D eigenvalue weighted by atomic mass is 9.88. The number of anilines is 2. The Morgan fingerprint density at radius 1 is 0.895 bits per heavy atom. The molecule has 5 rings (SSSR count). The highest BCUT2D eigenvalue weighted by Gasteiger charge is 2.27. The zero-order valence-corrected chi connectivity index (χ0v) is 21.5. The first-order chi connectivity index (χ1) is 18.6. The Morgan fingerprint density at radius 2 is 1.68 bits per heavy atom. The molecule has 10 heteroatoms. The number of phenols is 1. The van der Waals surface area contributed by atoms with Gasteiger partial charge in [0.05, 0.1) is 25.5 Å². The second-order valence-corrected chi connectivity index (χ2v) is 9.49. The lowest BCUT2D eigenvalue weighted by Gasteiger charge is -2.37. The molecule has 1 saturated heterocycles. The fraction of sp³-hybridized carbons (Fsp3) is 0.429. The van der Waals surface area contributed by atoms with E-state index in [1.54, 1.807) is 12.1 Å². The molecule has 0 unspecified atom stereocenters. The van der Waals surface area contributed by atoms with E-state index in [9.17, 15) is 5.11 Å². The Labute approximate surface area is 222 Å². The molecule has 0 spiro atoms. The van der Waals surface area contributed by atoms with E-state index in [1.165, 1.54) is 5.56 Å². The molecule has 3 aromatic rings. The maximum absolute atomic E-state index is 9.47. The molecule has 1 aromatic heterocycles. The monoisotopic (exact) mass is 521 g/mol. The summed E-state index contributed by atoms with van der Waals surface area (Å²) in [6.07, 6.45) is 1.74. The van der Waals surface area contributed by atoms with E-state index in [0.29, 0.717) is 32.4 Å². The van der Waals surface area contributed by atoms with Crippen molar-refractivity contribution in [3.05, 3.63) is 59.2 Å². The molecule has 0 atom stereocenters. The number of piperazine rings is 1. The van der Waals surface area contributed by atoms with E-state index >= 15 is 0 Å². The number of nitrogens with two attached hydrogens (primary N) is 1. The van der Waals surface area contributed by atoms with Crippen LogP contribution in [0.2, 0.25) is 0 Å². The molecular formula is C28H35N5O5. The zero-order valence-electron chi connectivity index (χ0n) is 21.5. The topological polar surface area (TPSA) is 126 Å². The van der Waals surface area contributed by atoms with Gasteiger partial charge in [-0.25, -0.2) is 4.98 Å². The van der Waals surface area contributed by atoms with Crippen LogP contribution in [0.3, 0.4) is 0 Å². The van der Waals surface area contributed by atoms with Crippen LogP contribution in [0, 0.1) is 0 Å². The molecule has 2 aliphatic rings. The predicted octanol–water partition coefficient (Wildman–Crippen LogP) is 2.21. The van der Waals surface area contributed by atoms with Gasteiger partial charge in [-0.05, 0) is 54.3 Å².